The molecule has 0 bridgehead atoms. The Morgan fingerprint density at radius 2 is 1.40 bits per heavy atom. The van der Waals surface area contributed by atoms with Crippen molar-refractivity contribution in [3.8, 4) is 0 Å². The molecule has 0 radical (unpaired) electrons. The summed E-state index contributed by atoms with van der Waals surface area (Å²) in [6.07, 6.45) is 2.32. The minimum atomic E-state index is -3.82. The van der Waals surface area contributed by atoms with Crippen LogP contribution in [0.1, 0.15) is 11.1 Å². The maximum atomic E-state index is 15.2. The Kier molecular flexibility index (Phi) is 4.30. The molecule has 0 saturated carbocycles. The second-order valence-corrected chi connectivity index (χ2v) is 5.54. The summed E-state index contributed by atoms with van der Waals surface area (Å²) in [6, 6.07) is 7.64. The Morgan fingerprint density at radius 3 is 1.88 bits per heavy atom. The molecule has 3 aromatic rings. The first-order valence-corrected chi connectivity index (χ1v) is 7.27. The van der Waals surface area contributed by atoms with E-state index in [2.05, 4.69) is 10.1 Å². The van der Waals surface area contributed by atoms with Crippen molar-refractivity contribution in [1.82, 2.24) is 14.8 Å². The van der Waals surface area contributed by atoms with E-state index in [0.29, 0.717) is 0 Å². The van der Waals surface area contributed by atoms with Gasteiger partial charge in [0.25, 0.3) is 0 Å². The van der Waals surface area contributed by atoms with Crippen molar-refractivity contribution >= 4 is 0 Å². The molecule has 3 rings (SSSR count). The van der Waals surface area contributed by atoms with Crippen LogP contribution in [-0.4, -0.2) is 19.9 Å². The number of hydrogen-bond donors (Lipinski definition) is 1. The van der Waals surface area contributed by atoms with Gasteiger partial charge in [-0.15, -0.1) is 0 Å². The molecule has 0 amide bonds. The highest BCUT2D eigenvalue weighted by atomic mass is 19.3. The topological polar surface area (TPSA) is 50.9 Å². The van der Waals surface area contributed by atoms with Gasteiger partial charge in [0, 0.05) is 5.56 Å². The van der Waals surface area contributed by atoms with Crippen molar-refractivity contribution < 1.29 is 22.7 Å². The zero-order chi connectivity index (χ0) is 18.1. The summed E-state index contributed by atoms with van der Waals surface area (Å²) in [5, 5.41) is 14.7. The van der Waals surface area contributed by atoms with Gasteiger partial charge in [0.05, 0.1) is 6.54 Å². The number of aliphatic hydroxyl groups is 1. The van der Waals surface area contributed by atoms with E-state index in [1.807, 2.05) is 0 Å². The maximum absolute atomic E-state index is 15.2. The monoisotopic (exact) mass is 351 g/mol. The SMILES string of the molecule is OC(Cn1cncn1)(c1ccc(F)cc1)C(F)(F)c1ccc(F)cc1. The summed E-state index contributed by atoms with van der Waals surface area (Å²) in [4.78, 5) is 3.67. The average Bonchev–Trinajstić information content (AvgIpc) is 3.08. The van der Waals surface area contributed by atoms with Crippen LogP contribution in [0.15, 0.2) is 61.2 Å². The lowest BCUT2D eigenvalue weighted by Crippen LogP contribution is -2.46. The Morgan fingerprint density at radius 1 is 0.880 bits per heavy atom. The van der Waals surface area contributed by atoms with Crippen LogP contribution in [0.4, 0.5) is 17.6 Å². The highest BCUT2D eigenvalue weighted by Gasteiger charge is 2.55. The molecule has 130 valence electrons. The minimum Gasteiger partial charge on any atom is -0.377 e. The normalized spacial score (nSPS) is 14.3. The van der Waals surface area contributed by atoms with Crippen LogP contribution in [-0.2, 0) is 18.1 Å². The zero-order valence-electron chi connectivity index (χ0n) is 12.8. The molecule has 0 aliphatic heterocycles. The summed E-state index contributed by atoms with van der Waals surface area (Å²) in [7, 11) is 0. The van der Waals surface area contributed by atoms with E-state index in [4.69, 9.17) is 0 Å². The third kappa shape index (κ3) is 3.12. The molecule has 0 saturated heterocycles. The Hall–Kier alpha value is -2.74. The molecule has 2 aromatic carbocycles. The van der Waals surface area contributed by atoms with E-state index in [1.165, 1.54) is 6.33 Å². The van der Waals surface area contributed by atoms with Crippen molar-refractivity contribution in [2.45, 2.75) is 18.1 Å². The molecule has 25 heavy (non-hydrogen) atoms. The van der Waals surface area contributed by atoms with Gasteiger partial charge in [-0.05, 0) is 29.8 Å². The molecular weight excluding hydrogens is 338 g/mol. The molecule has 1 N–H and O–H groups in total. The van der Waals surface area contributed by atoms with E-state index in [9.17, 15) is 13.9 Å². The van der Waals surface area contributed by atoms with Crippen LogP contribution in [0.2, 0.25) is 0 Å². The molecule has 0 aliphatic carbocycles. The third-order valence-corrected chi connectivity index (χ3v) is 3.91. The predicted octanol–water partition coefficient (Wildman–Crippen LogP) is 3.24. The number of hydrogen-bond acceptors (Lipinski definition) is 3. The van der Waals surface area contributed by atoms with Gasteiger partial charge in [0.15, 0.2) is 5.60 Å². The number of aromatic nitrogens is 3. The first-order chi connectivity index (χ1) is 11.8. The smallest absolute Gasteiger partial charge is 0.307 e. The van der Waals surface area contributed by atoms with Crippen LogP contribution in [0, 0.1) is 11.6 Å². The average molecular weight is 351 g/mol. The van der Waals surface area contributed by atoms with Gasteiger partial charge in [-0.2, -0.15) is 13.9 Å². The first kappa shape index (κ1) is 17.1. The molecule has 1 heterocycles. The number of nitrogens with zero attached hydrogens (tertiary/aromatic N) is 3. The van der Waals surface area contributed by atoms with Crippen LogP contribution in [0.3, 0.4) is 0 Å². The quantitative estimate of drug-likeness (QED) is 0.718. The molecule has 0 fully saturated rings. The first-order valence-electron chi connectivity index (χ1n) is 7.27. The number of halogens is 4. The van der Waals surface area contributed by atoms with Gasteiger partial charge in [0.1, 0.15) is 24.3 Å². The van der Waals surface area contributed by atoms with Crippen molar-refractivity contribution in [3.63, 3.8) is 0 Å². The van der Waals surface area contributed by atoms with Crippen LogP contribution < -0.4 is 0 Å². The Labute approximate surface area is 140 Å². The fourth-order valence-electron chi connectivity index (χ4n) is 2.54. The molecule has 1 atom stereocenters. The van der Waals surface area contributed by atoms with Crippen molar-refractivity contribution in [2.24, 2.45) is 0 Å². The summed E-state index contributed by atoms with van der Waals surface area (Å²) in [6.45, 7) is -0.636. The van der Waals surface area contributed by atoms with Crippen molar-refractivity contribution in [1.29, 1.82) is 0 Å². The molecule has 1 unspecified atom stereocenters. The van der Waals surface area contributed by atoms with Gasteiger partial charge in [0.2, 0.25) is 0 Å². The lowest BCUT2D eigenvalue weighted by molar-refractivity contribution is -0.204. The highest BCUT2D eigenvalue weighted by Crippen LogP contribution is 2.46. The van der Waals surface area contributed by atoms with Crippen LogP contribution >= 0.6 is 0 Å². The molecule has 0 spiro atoms. The fraction of sp³-hybridized carbons (Fsp3) is 0.176. The molecular formula is C17H13F4N3O. The standard InChI is InChI=1S/C17H13F4N3O/c18-14-5-1-12(2-6-14)16(25,9-24-11-22-10-23-24)17(20,21)13-3-7-15(19)8-4-13/h1-8,10-11,25H,9H2. The van der Waals surface area contributed by atoms with Gasteiger partial charge in [-0.25, -0.2) is 18.4 Å². The predicted molar refractivity (Wildman–Crippen MR) is 80.6 cm³/mol. The van der Waals surface area contributed by atoms with E-state index >= 15 is 8.78 Å². The van der Waals surface area contributed by atoms with E-state index in [1.54, 1.807) is 0 Å². The van der Waals surface area contributed by atoms with Crippen LogP contribution in [0.25, 0.3) is 0 Å². The lowest BCUT2D eigenvalue weighted by Gasteiger charge is -2.36. The molecule has 0 aliphatic rings. The van der Waals surface area contributed by atoms with Gasteiger partial charge >= 0.3 is 5.92 Å². The van der Waals surface area contributed by atoms with E-state index in [-0.39, 0.29) is 5.56 Å². The minimum absolute atomic E-state index is 0.210. The summed E-state index contributed by atoms with van der Waals surface area (Å²) < 4.78 is 57.7. The Balaban J connectivity index is 2.12. The van der Waals surface area contributed by atoms with Gasteiger partial charge in [-0.3, -0.25) is 0 Å². The molecule has 8 heteroatoms. The summed E-state index contributed by atoms with van der Waals surface area (Å²) in [5.74, 6) is -5.12. The second-order valence-electron chi connectivity index (χ2n) is 5.54. The Bertz CT molecular complexity index is 835. The van der Waals surface area contributed by atoms with Gasteiger partial charge in [-0.1, -0.05) is 24.3 Å². The largest absolute Gasteiger partial charge is 0.377 e. The number of alkyl halides is 2. The molecule has 4 nitrogen and oxygen atoms in total. The molecule has 1 aromatic heterocycles. The van der Waals surface area contributed by atoms with Crippen LogP contribution in [0.5, 0.6) is 0 Å². The van der Waals surface area contributed by atoms with Gasteiger partial charge < -0.3 is 5.11 Å². The summed E-state index contributed by atoms with van der Waals surface area (Å²) in [5.41, 5.74) is -3.55. The fourth-order valence-corrected chi connectivity index (χ4v) is 2.54. The van der Waals surface area contributed by atoms with E-state index in [0.717, 1.165) is 59.5 Å². The number of benzene rings is 2. The van der Waals surface area contributed by atoms with Crippen molar-refractivity contribution in [3.05, 3.63) is 83.9 Å². The lowest BCUT2D eigenvalue weighted by atomic mass is 9.83. The third-order valence-electron chi connectivity index (χ3n) is 3.91. The zero-order valence-corrected chi connectivity index (χ0v) is 12.8. The number of rotatable bonds is 5. The maximum Gasteiger partial charge on any atom is 0.307 e. The summed E-state index contributed by atoms with van der Waals surface area (Å²) >= 11 is 0. The van der Waals surface area contributed by atoms with E-state index < -0.39 is 35.3 Å². The second kappa shape index (κ2) is 6.29. The van der Waals surface area contributed by atoms with Crippen molar-refractivity contribution in [2.75, 3.05) is 0 Å². The highest BCUT2D eigenvalue weighted by molar-refractivity contribution is 5.32.